The third-order valence-corrected chi connectivity index (χ3v) is 7.77. The Morgan fingerprint density at radius 1 is 0.973 bits per heavy atom. The number of carbonyl (C=O) groups is 1. The Kier molecular flexibility index (Phi) is 7.37. The van der Waals surface area contributed by atoms with Gasteiger partial charge in [0.05, 0.1) is 12.2 Å². The fraction of sp³-hybridized carbons (Fsp3) is 0.345. The van der Waals surface area contributed by atoms with Crippen LogP contribution in [0.15, 0.2) is 65.8 Å². The van der Waals surface area contributed by atoms with E-state index in [2.05, 4.69) is 20.8 Å². The van der Waals surface area contributed by atoms with E-state index in [4.69, 9.17) is 49.5 Å². The molecule has 0 saturated carbocycles. The summed E-state index contributed by atoms with van der Waals surface area (Å²) >= 11 is 18.8. The molecule has 0 N–H and O–H groups in total. The Labute approximate surface area is 233 Å². The van der Waals surface area contributed by atoms with Crippen molar-refractivity contribution in [2.45, 2.75) is 58.0 Å². The number of hydrogen-bond donors (Lipinski definition) is 0. The number of rotatable bonds is 5. The van der Waals surface area contributed by atoms with Gasteiger partial charge in [-0.3, -0.25) is 19.7 Å². The minimum absolute atomic E-state index is 0.195. The SMILES string of the molecule is CCOc1cc(C(C)(C)C)ncc1C1=N[C@@](C)(c2ccc(Cl)cc2)[C@@](C)(c2ccc(Cl)cc2)N1C(=O)Cl. The van der Waals surface area contributed by atoms with Gasteiger partial charge >= 0.3 is 5.37 Å². The lowest BCUT2D eigenvalue weighted by Gasteiger charge is -2.44. The number of carbonyl (C=O) groups excluding carboxylic acids is 1. The van der Waals surface area contributed by atoms with Gasteiger partial charge in [-0.15, -0.1) is 0 Å². The molecule has 1 aliphatic rings. The first-order valence-electron chi connectivity index (χ1n) is 12.1. The Morgan fingerprint density at radius 2 is 1.51 bits per heavy atom. The molecule has 0 unspecified atom stereocenters. The zero-order chi connectivity index (χ0) is 27.2. The van der Waals surface area contributed by atoms with Crippen LogP contribution in [0.5, 0.6) is 5.75 Å². The van der Waals surface area contributed by atoms with Gasteiger partial charge in [-0.1, -0.05) is 68.2 Å². The van der Waals surface area contributed by atoms with E-state index >= 15 is 0 Å². The minimum atomic E-state index is -1.02. The quantitative estimate of drug-likeness (QED) is 0.234. The molecule has 0 spiro atoms. The summed E-state index contributed by atoms with van der Waals surface area (Å²) in [5.74, 6) is 0.967. The van der Waals surface area contributed by atoms with Crippen LogP contribution in [0.3, 0.4) is 0 Å². The van der Waals surface area contributed by atoms with Crippen LogP contribution in [0.4, 0.5) is 4.79 Å². The van der Waals surface area contributed by atoms with Crippen molar-refractivity contribution in [2.24, 2.45) is 4.99 Å². The first-order chi connectivity index (χ1) is 17.3. The third-order valence-electron chi connectivity index (χ3n) is 7.10. The van der Waals surface area contributed by atoms with Crippen molar-refractivity contribution in [1.82, 2.24) is 9.88 Å². The van der Waals surface area contributed by atoms with Crippen LogP contribution in [-0.2, 0) is 16.5 Å². The summed E-state index contributed by atoms with van der Waals surface area (Å²) in [5.41, 5.74) is 0.969. The van der Waals surface area contributed by atoms with Gasteiger partial charge in [0.1, 0.15) is 22.7 Å². The average molecular weight is 559 g/mol. The molecule has 1 aromatic heterocycles. The second-order valence-electron chi connectivity index (χ2n) is 10.4. The zero-order valence-electron chi connectivity index (χ0n) is 21.8. The molecule has 0 saturated heterocycles. The monoisotopic (exact) mass is 557 g/mol. The van der Waals surface area contributed by atoms with Crippen molar-refractivity contribution in [3.8, 4) is 5.75 Å². The number of benzene rings is 2. The van der Waals surface area contributed by atoms with Crippen LogP contribution < -0.4 is 4.74 Å². The third kappa shape index (κ3) is 4.73. The molecule has 0 fully saturated rings. The highest BCUT2D eigenvalue weighted by Gasteiger charge is 2.59. The Bertz CT molecular complexity index is 1350. The highest BCUT2D eigenvalue weighted by Crippen LogP contribution is 2.54. The summed E-state index contributed by atoms with van der Waals surface area (Å²) in [6, 6.07) is 16.8. The van der Waals surface area contributed by atoms with E-state index in [0.717, 1.165) is 16.8 Å². The van der Waals surface area contributed by atoms with Gasteiger partial charge in [-0.05, 0) is 67.8 Å². The summed E-state index contributed by atoms with van der Waals surface area (Å²) < 4.78 is 6.06. The maximum absolute atomic E-state index is 13.3. The van der Waals surface area contributed by atoms with E-state index in [-0.39, 0.29) is 5.41 Å². The molecule has 0 aliphatic carbocycles. The number of aromatic nitrogens is 1. The molecular weight excluding hydrogens is 529 g/mol. The van der Waals surface area contributed by atoms with Crippen molar-refractivity contribution in [2.75, 3.05) is 6.61 Å². The molecular formula is C29H30Cl3N3O2. The van der Waals surface area contributed by atoms with E-state index in [9.17, 15) is 4.79 Å². The lowest BCUT2D eigenvalue weighted by Crippen LogP contribution is -2.53. The van der Waals surface area contributed by atoms with Crippen LogP contribution in [-0.4, -0.2) is 27.7 Å². The largest absolute Gasteiger partial charge is 0.493 e. The lowest BCUT2D eigenvalue weighted by atomic mass is 9.71. The van der Waals surface area contributed by atoms with Crippen LogP contribution in [0.2, 0.25) is 10.0 Å². The molecule has 1 aliphatic heterocycles. The van der Waals surface area contributed by atoms with E-state index in [1.165, 1.54) is 4.90 Å². The molecule has 2 aromatic carbocycles. The van der Waals surface area contributed by atoms with Crippen molar-refractivity contribution < 1.29 is 9.53 Å². The molecule has 37 heavy (non-hydrogen) atoms. The maximum Gasteiger partial charge on any atom is 0.322 e. The number of aliphatic imine (C=N–C) groups is 1. The predicted octanol–water partition coefficient (Wildman–Crippen LogP) is 8.34. The molecule has 4 rings (SSSR count). The second kappa shape index (κ2) is 9.94. The first kappa shape index (κ1) is 27.4. The highest BCUT2D eigenvalue weighted by molar-refractivity contribution is 6.64. The maximum atomic E-state index is 13.3. The standard InChI is InChI=1S/C29H30Cl3N3O2/c1-7-37-23-16-24(27(2,3)4)33-17-22(23)25-34-28(5,18-8-12-20(30)13-9-18)29(6,35(25)26(32)36)19-10-14-21(31)15-11-19/h8-17H,7H2,1-6H3/t28-,29+/m0/s1. The number of amidine groups is 1. The molecule has 2 heterocycles. The number of pyridine rings is 1. The Hall–Kier alpha value is -2.60. The second-order valence-corrected chi connectivity index (χ2v) is 11.6. The van der Waals surface area contributed by atoms with Crippen molar-refractivity contribution in [1.29, 1.82) is 0 Å². The number of nitrogens with zero attached hydrogens (tertiary/aromatic N) is 3. The summed E-state index contributed by atoms with van der Waals surface area (Å²) in [5, 5.41) is 0.522. The van der Waals surface area contributed by atoms with Gasteiger partial charge in [0.25, 0.3) is 0 Å². The number of hydrogen-bond acceptors (Lipinski definition) is 4. The summed E-state index contributed by atoms with van der Waals surface area (Å²) in [7, 11) is 0. The lowest BCUT2D eigenvalue weighted by molar-refractivity contribution is 0.149. The molecule has 194 valence electrons. The summed E-state index contributed by atoms with van der Waals surface area (Å²) in [4.78, 5) is 24.7. The summed E-state index contributed by atoms with van der Waals surface area (Å²) in [6.07, 6.45) is 1.72. The Morgan fingerprint density at radius 3 is 2.00 bits per heavy atom. The van der Waals surface area contributed by atoms with E-state index < -0.39 is 16.4 Å². The van der Waals surface area contributed by atoms with Crippen LogP contribution in [0.1, 0.15) is 63.9 Å². The van der Waals surface area contributed by atoms with Crippen molar-refractivity contribution >= 4 is 46.0 Å². The number of ether oxygens (including phenoxy) is 1. The van der Waals surface area contributed by atoms with Crippen LogP contribution in [0, 0.1) is 0 Å². The molecule has 1 amide bonds. The van der Waals surface area contributed by atoms with Gasteiger partial charge in [0.2, 0.25) is 0 Å². The molecule has 5 nitrogen and oxygen atoms in total. The topological polar surface area (TPSA) is 54.8 Å². The molecule has 3 aromatic rings. The molecule has 8 heteroatoms. The van der Waals surface area contributed by atoms with Crippen LogP contribution in [0.25, 0.3) is 0 Å². The van der Waals surface area contributed by atoms with Gasteiger partial charge in [0.15, 0.2) is 0 Å². The van der Waals surface area contributed by atoms with Crippen molar-refractivity contribution in [3.63, 3.8) is 0 Å². The zero-order valence-corrected chi connectivity index (χ0v) is 24.0. The van der Waals surface area contributed by atoms with E-state index in [1.807, 2.05) is 63.2 Å². The molecule has 0 bridgehead atoms. The molecule has 0 radical (unpaired) electrons. The van der Waals surface area contributed by atoms with Gasteiger partial charge in [-0.25, -0.2) is 0 Å². The number of halogens is 3. The summed E-state index contributed by atoms with van der Waals surface area (Å²) in [6.45, 7) is 12.6. The molecule has 2 atom stereocenters. The van der Waals surface area contributed by atoms with Crippen LogP contribution >= 0.6 is 34.8 Å². The smallest absolute Gasteiger partial charge is 0.322 e. The Balaban J connectivity index is 2.03. The fourth-order valence-electron chi connectivity index (χ4n) is 4.83. The highest BCUT2D eigenvalue weighted by atomic mass is 35.5. The van der Waals surface area contributed by atoms with E-state index in [0.29, 0.717) is 33.8 Å². The van der Waals surface area contributed by atoms with Crippen molar-refractivity contribution in [3.05, 3.63) is 93.2 Å². The fourth-order valence-corrected chi connectivity index (χ4v) is 5.34. The van der Waals surface area contributed by atoms with Gasteiger partial charge in [-0.2, -0.15) is 0 Å². The average Bonchev–Trinajstić information content (AvgIpc) is 3.08. The first-order valence-corrected chi connectivity index (χ1v) is 13.2. The predicted molar refractivity (Wildman–Crippen MR) is 151 cm³/mol. The van der Waals surface area contributed by atoms with E-state index in [1.54, 1.807) is 18.3 Å². The normalized spacial score (nSPS) is 21.6. The number of amides is 1. The minimum Gasteiger partial charge on any atom is -0.493 e. The van der Waals surface area contributed by atoms with Gasteiger partial charge < -0.3 is 4.74 Å². The van der Waals surface area contributed by atoms with Gasteiger partial charge in [0, 0.05) is 33.4 Å².